The van der Waals surface area contributed by atoms with Crippen LogP contribution in [0.3, 0.4) is 0 Å². The molecule has 0 spiro atoms. The molecule has 3 aliphatic heterocycles. The van der Waals surface area contributed by atoms with Gasteiger partial charge in [0.1, 0.15) is 25.6 Å². The fraction of sp³-hybridized carbons (Fsp3) is 0.486. The summed E-state index contributed by atoms with van der Waals surface area (Å²) in [6.07, 6.45) is 2.23. The van der Waals surface area contributed by atoms with E-state index >= 15 is 0 Å². The molecule has 0 saturated heterocycles. The molecule has 2 aromatic carbocycles. The fourth-order valence-electron chi connectivity index (χ4n) is 8.30. The van der Waals surface area contributed by atoms with Crippen molar-refractivity contribution in [1.29, 1.82) is 0 Å². The predicted octanol–water partition coefficient (Wildman–Crippen LogP) is 0.906. The van der Waals surface area contributed by atoms with Crippen molar-refractivity contribution >= 4 is 103 Å². The van der Waals surface area contributed by atoms with Crippen molar-refractivity contribution in [2.45, 2.75) is 64.3 Å². The largest absolute Gasteiger partial charge is 0.480 e. The third-order valence-electron chi connectivity index (χ3n) is 10.9. The highest BCUT2D eigenvalue weighted by Gasteiger charge is 2.44. The van der Waals surface area contributed by atoms with Crippen LogP contribution < -0.4 is 20.2 Å². The number of rotatable bonds is 15. The van der Waals surface area contributed by atoms with Crippen molar-refractivity contribution in [2.24, 2.45) is 4.99 Å². The Morgan fingerprint density at radius 2 is 0.967 bits per heavy atom. The summed E-state index contributed by atoms with van der Waals surface area (Å²) in [4.78, 5) is 20.5. The minimum Gasteiger partial charge on any atom is -0.480 e. The van der Waals surface area contributed by atoms with Gasteiger partial charge in [-0.05, 0) is 79.9 Å². The minimum atomic E-state index is -4.72. The molecule has 0 saturated carbocycles. The summed E-state index contributed by atoms with van der Waals surface area (Å²) < 4.78 is 170. The monoisotopic (exact) mass is 969 g/mol. The van der Waals surface area contributed by atoms with E-state index in [2.05, 4.69) is 4.99 Å². The number of nitrogens with zero attached hydrogens (tertiary/aromatic N) is 3. The molecule has 3 aliphatic rings. The number of carboxylic acids is 1. The van der Waals surface area contributed by atoms with Crippen LogP contribution in [0.4, 0.5) is 11.4 Å². The molecular formula is C35H47N3O17S5Si. The Bertz CT molecular complexity index is 2710. The van der Waals surface area contributed by atoms with Crippen LogP contribution in [-0.4, -0.2) is 149 Å². The molecule has 1 atom stereocenters. The van der Waals surface area contributed by atoms with Gasteiger partial charge in [-0.15, -0.1) is 0 Å². The number of carboxylic acid groups (broad SMARTS) is 1. The first-order chi connectivity index (χ1) is 27.4. The third kappa shape index (κ3) is 11.2. The molecule has 0 aliphatic carbocycles. The molecule has 61 heavy (non-hydrogen) atoms. The summed E-state index contributed by atoms with van der Waals surface area (Å²) in [6, 6.07) is 4.41. The van der Waals surface area contributed by atoms with Gasteiger partial charge in [-0.2, -0.15) is 42.1 Å². The molecule has 3 heterocycles. The lowest BCUT2D eigenvalue weighted by atomic mass is 9.85. The quantitative estimate of drug-likeness (QED) is 0.107. The summed E-state index contributed by atoms with van der Waals surface area (Å²) in [6.45, 7) is 9.73. The molecule has 0 bridgehead atoms. The van der Waals surface area contributed by atoms with Crippen LogP contribution in [0.5, 0.6) is 0 Å². The van der Waals surface area contributed by atoms with Crippen LogP contribution in [0, 0.1) is 0 Å². The molecule has 0 fully saturated rings. The van der Waals surface area contributed by atoms with Crippen molar-refractivity contribution in [3.05, 3.63) is 58.7 Å². The molecule has 1 unspecified atom stereocenters. The lowest BCUT2D eigenvalue weighted by Gasteiger charge is -2.46. The average Bonchev–Trinajstić information content (AvgIpc) is 3.03. The Morgan fingerprint density at radius 1 is 0.607 bits per heavy atom. The van der Waals surface area contributed by atoms with Crippen molar-refractivity contribution < 1.29 is 74.8 Å². The predicted molar refractivity (Wildman–Crippen MR) is 232 cm³/mol. The zero-order valence-corrected chi connectivity index (χ0v) is 38.8. The first-order valence-electron chi connectivity index (χ1n) is 18.3. The maximum atomic E-state index is 12.7. The van der Waals surface area contributed by atoms with Crippen LogP contribution in [0.15, 0.2) is 41.4 Å². The van der Waals surface area contributed by atoms with Crippen molar-refractivity contribution in [2.75, 3.05) is 51.7 Å². The smallest absolute Gasteiger partial charge is 0.328 e. The number of fused-ring (bicyclic) bond motifs is 4. The van der Waals surface area contributed by atoms with E-state index in [-0.39, 0.29) is 63.6 Å². The lowest BCUT2D eigenvalue weighted by Crippen LogP contribution is -2.61. The van der Waals surface area contributed by atoms with Gasteiger partial charge < -0.3 is 14.9 Å². The molecule has 20 nitrogen and oxygen atoms in total. The zero-order chi connectivity index (χ0) is 46.3. The Kier molecular flexibility index (Phi) is 12.6. The van der Waals surface area contributed by atoms with E-state index in [0.717, 1.165) is 0 Å². The summed E-state index contributed by atoms with van der Waals surface area (Å²) in [5.41, 5.74) is -1.05. The zero-order valence-electron chi connectivity index (χ0n) is 33.8. The molecule has 338 valence electrons. The number of hydrogen-bond donors (Lipinski definition) is 6. The normalized spacial score (nSPS) is 18.8. The van der Waals surface area contributed by atoms with Crippen LogP contribution >= 0.6 is 0 Å². The number of aliphatic carboxylic acids is 1. The molecule has 0 amide bonds. The first kappa shape index (κ1) is 48.5. The number of benzene rings is 2. The molecule has 2 aromatic rings. The maximum Gasteiger partial charge on any atom is 0.328 e. The van der Waals surface area contributed by atoms with Gasteiger partial charge >= 0.3 is 5.97 Å². The van der Waals surface area contributed by atoms with E-state index in [0.29, 0.717) is 10.4 Å². The highest BCUT2D eigenvalue weighted by Crippen LogP contribution is 2.44. The van der Waals surface area contributed by atoms with E-state index in [1.54, 1.807) is 49.6 Å². The number of aliphatic imine (C=N–C) groups is 1. The Balaban J connectivity index is 1.94. The van der Waals surface area contributed by atoms with Gasteiger partial charge in [-0.1, -0.05) is 25.2 Å². The second kappa shape index (κ2) is 15.9. The molecule has 0 radical (unpaired) electrons. The Labute approximate surface area is 355 Å². The maximum absolute atomic E-state index is 12.7. The molecule has 0 aromatic heterocycles. The summed E-state index contributed by atoms with van der Waals surface area (Å²) >= 11 is 0. The number of anilines is 2. The topological polar surface area (TPSA) is 328 Å². The van der Waals surface area contributed by atoms with E-state index in [4.69, 9.17) is 0 Å². The van der Waals surface area contributed by atoms with E-state index in [1.807, 2.05) is 13.1 Å². The standard InChI is InChI=1S/C35H47N3O17S5Si/c1-34(2)17-21(19-59(50,51)52)23-13-25-30(15-28(23)37(34)8-11-57(44,45)46)61(5,6)31-16-29-24(14-26(31)32(25)36-27(33(39)40)7-10-56(41,42)43)22(20-60(53,54)55)18-35(3,4)38(29)9-12-58(47,48)49/h13-18,27H,7-12,19-20H2,1-6H3,(H,39,40)(H,41,42,43)(H,44,45,46)(H,47,48,49)(H,50,51,52)(H,53,54,55). The highest BCUT2D eigenvalue weighted by atomic mass is 32.2. The van der Waals surface area contributed by atoms with Gasteiger partial charge in [-0.25, -0.2) is 4.79 Å². The first-order valence-corrected chi connectivity index (χ1v) is 29.4. The second-order valence-electron chi connectivity index (χ2n) is 16.8. The van der Waals surface area contributed by atoms with Gasteiger partial charge in [-0.3, -0.25) is 27.8 Å². The van der Waals surface area contributed by atoms with Gasteiger partial charge in [0.15, 0.2) is 0 Å². The number of carbonyl (C=O) groups is 1. The van der Waals surface area contributed by atoms with Gasteiger partial charge in [0.2, 0.25) is 0 Å². The Hall–Kier alpha value is -3.57. The van der Waals surface area contributed by atoms with Crippen LogP contribution in [0.25, 0.3) is 11.1 Å². The number of hydrogen-bond acceptors (Lipinski definition) is 14. The summed E-state index contributed by atoms with van der Waals surface area (Å²) in [5.74, 6) is -5.97. The van der Waals surface area contributed by atoms with Crippen molar-refractivity contribution in [3.63, 3.8) is 0 Å². The van der Waals surface area contributed by atoms with Crippen LogP contribution in [0.2, 0.25) is 13.1 Å². The summed E-state index contributed by atoms with van der Waals surface area (Å²) in [5, 5.41) is 11.3. The van der Waals surface area contributed by atoms with Crippen LogP contribution in [0.1, 0.15) is 56.4 Å². The van der Waals surface area contributed by atoms with Crippen molar-refractivity contribution in [3.8, 4) is 0 Å². The van der Waals surface area contributed by atoms with E-state index in [9.17, 15) is 74.8 Å². The molecule has 5 rings (SSSR count). The SMILES string of the molecule is CC1(C)C=C(CS(=O)(=O)O)c2cc3c(cc2N1CCS(=O)(=O)O)[Si](C)(C)c1cc2c(cc1C3=NC(CCS(=O)(=O)O)C(=O)O)C(CS(=O)(=O)O)=CC(C)(C)N2CCS(=O)(=O)O. The van der Waals surface area contributed by atoms with Gasteiger partial charge in [0.25, 0.3) is 50.6 Å². The molecule has 26 heteroatoms. The minimum absolute atomic E-state index is 0.0553. The van der Waals surface area contributed by atoms with Crippen molar-refractivity contribution in [1.82, 2.24) is 0 Å². The summed E-state index contributed by atoms with van der Waals surface area (Å²) in [7, 11) is -26.5. The van der Waals surface area contributed by atoms with E-state index in [1.165, 1.54) is 24.3 Å². The lowest BCUT2D eigenvalue weighted by molar-refractivity contribution is -0.138. The average molecular weight is 970 g/mol. The van der Waals surface area contributed by atoms with E-state index < -0.39 is 117 Å². The molecular weight excluding hydrogens is 923 g/mol. The van der Waals surface area contributed by atoms with Gasteiger partial charge in [0, 0.05) is 46.7 Å². The molecule has 6 N–H and O–H groups in total. The second-order valence-corrected chi connectivity index (χ2v) is 28.8. The van der Waals surface area contributed by atoms with Gasteiger partial charge in [0.05, 0.1) is 34.0 Å². The Morgan fingerprint density at radius 3 is 1.28 bits per heavy atom. The third-order valence-corrected chi connectivity index (χ3v) is 17.9. The highest BCUT2D eigenvalue weighted by molar-refractivity contribution is 7.87. The fourth-order valence-corrected chi connectivity index (χ4v) is 13.9. The van der Waals surface area contributed by atoms with Crippen LogP contribution in [-0.2, 0) is 55.4 Å².